The van der Waals surface area contributed by atoms with E-state index in [9.17, 15) is 5.11 Å². The largest absolute Gasteiger partial charge is 0.489 e. The highest BCUT2D eigenvalue weighted by Gasteiger charge is 2.30. The second-order valence-electron chi connectivity index (χ2n) is 8.44. The quantitative estimate of drug-likeness (QED) is 0.556. The van der Waals surface area contributed by atoms with Gasteiger partial charge in [0.05, 0.1) is 29.6 Å². The minimum absolute atomic E-state index is 0.116. The molecular weight excluding hydrogens is 432 g/mol. The van der Waals surface area contributed by atoms with Crippen LogP contribution in [-0.2, 0) is 17.7 Å². The normalized spacial score (nSPS) is 14.8. The fourth-order valence-electron chi connectivity index (χ4n) is 4.14. The third kappa shape index (κ3) is 3.58. The van der Waals surface area contributed by atoms with E-state index in [2.05, 4.69) is 51.5 Å². The molecule has 3 heterocycles. The molecule has 2 aromatic heterocycles. The van der Waals surface area contributed by atoms with E-state index >= 15 is 0 Å². The van der Waals surface area contributed by atoms with Crippen molar-refractivity contribution in [2.45, 2.75) is 39.8 Å². The number of aromatic nitrogens is 2. The average molecular weight is 459 g/mol. The Bertz CT molecular complexity index is 1060. The fraction of sp³-hybridized carbons (Fsp3) is 0.435. The van der Waals surface area contributed by atoms with Crippen molar-refractivity contribution in [1.82, 2.24) is 9.55 Å². The fourth-order valence-corrected chi connectivity index (χ4v) is 4.58. The van der Waals surface area contributed by atoms with Gasteiger partial charge >= 0.3 is 0 Å². The average Bonchev–Trinajstić information content (AvgIpc) is 3.01. The zero-order chi connectivity index (χ0) is 20.8. The van der Waals surface area contributed by atoms with Crippen LogP contribution in [0, 0.1) is 5.41 Å². The van der Waals surface area contributed by atoms with Gasteiger partial charge in [0.1, 0.15) is 12.4 Å². The second-order valence-corrected chi connectivity index (χ2v) is 9.36. The lowest BCUT2D eigenvalue weighted by Crippen LogP contribution is -2.20. The lowest BCUT2D eigenvalue weighted by molar-refractivity contribution is 0.116. The van der Waals surface area contributed by atoms with E-state index in [1.54, 1.807) is 7.11 Å². The molecule has 1 N–H and O–H groups in total. The van der Waals surface area contributed by atoms with Crippen molar-refractivity contribution in [3.8, 4) is 17.0 Å². The first kappa shape index (κ1) is 20.4. The Hall–Kier alpha value is -1.89. The molecule has 4 rings (SSSR count). The molecule has 0 saturated heterocycles. The third-order valence-electron chi connectivity index (χ3n) is 5.68. The van der Waals surface area contributed by atoms with Crippen LogP contribution in [-0.4, -0.2) is 35.0 Å². The van der Waals surface area contributed by atoms with E-state index in [0.717, 1.165) is 51.0 Å². The van der Waals surface area contributed by atoms with Gasteiger partial charge in [0.2, 0.25) is 0 Å². The van der Waals surface area contributed by atoms with Gasteiger partial charge in [-0.25, -0.2) is 0 Å². The highest BCUT2D eigenvalue weighted by atomic mass is 79.9. The van der Waals surface area contributed by atoms with E-state index in [1.165, 1.54) is 5.56 Å². The number of hydrogen-bond donors (Lipinski definition) is 1. The Morgan fingerprint density at radius 1 is 1.38 bits per heavy atom. The first-order valence-corrected chi connectivity index (χ1v) is 10.7. The van der Waals surface area contributed by atoms with E-state index in [4.69, 9.17) is 9.47 Å². The van der Waals surface area contributed by atoms with Crippen molar-refractivity contribution >= 4 is 26.8 Å². The highest BCUT2D eigenvalue weighted by molar-refractivity contribution is 9.10. The molecule has 0 amide bonds. The molecule has 1 aliphatic rings. The van der Waals surface area contributed by atoms with Crippen LogP contribution in [0.3, 0.4) is 0 Å². The van der Waals surface area contributed by atoms with E-state index in [0.29, 0.717) is 6.61 Å². The summed E-state index contributed by atoms with van der Waals surface area (Å²) in [5.41, 5.74) is 5.22. The van der Waals surface area contributed by atoms with Crippen LogP contribution in [0.15, 0.2) is 34.9 Å². The maximum absolute atomic E-state index is 9.98. The Morgan fingerprint density at radius 2 is 2.17 bits per heavy atom. The van der Waals surface area contributed by atoms with Gasteiger partial charge in [0.15, 0.2) is 0 Å². The number of halogens is 1. The highest BCUT2D eigenvalue weighted by Crippen LogP contribution is 2.45. The number of aliphatic hydroxyl groups excluding tert-OH is 1. The molecule has 1 aliphatic heterocycles. The number of hydrogen-bond acceptors (Lipinski definition) is 4. The minimum atomic E-state index is -0.250. The van der Waals surface area contributed by atoms with Gasteiger partial charge in [0.25, 0.3) is 0 Å². The molecule has 0 saturated carbocycles. The Balaban J connectivity index is 2.08. The van der Waals surface area contributed by atoms with Gasteiger partial charge in [-0.15, -0.1) is 0 Å². The predicted molar refractivity (Wildman–Crippen MR) is 118 cm³/mol. The van der Waals surface area contributed by atoms with E-state index in [1.807, 2.05) is 25.3 Å². The number of rotatable bonds is 6. The van der Waals surface area contributed by atoms with Crippen LogP contribution < -0.4 is 4.74 Å². The lowest BCUT2D eigenvalue weighted by atomic mass is 9.84. The molecule has 0 unspecified atom stereocenters. The molecule has 1 aromatic carbocycles. The van der Waals surface area contributed by atoms with Gasteiger partial charge in [-0.2, -0.15) is 0 Å². The van der Waals surface area contributed by atoms with Gasteiger partial charge in [0, 0.05) is 35.3 Å². The SMILES string of the molecule is CO[C@@H](C)c1ncccc1-c1c(CC(C)(C)CO)c2cc(Br)cc3c2n1CCO3. The number of nitrogens with zero attached hydrogens (tertiary/aromatic N) is 2. The van der Waals surface area contributed by atoms with Crippen LogP contribution >= 0.6 is 15.9 Å². The zero-order valence-corrected chi connectivity index (χ0v) is 18.9. The van der Waals surface area contributed by atoms with Crippen LogP contribution in [0.2, 0.25) is 0 Å². The van der Waals surface area contributed by atoms with Crippen LogP contribution in [0.5, 0.6) is 5.75 Å². The summed E-state index contributed by atoms with van der Waals surface area (Å²) in [7, 11) is 1.71. The molecule has 5 nitrogen and oxygen atoms in total. The summed E-state index contributed by atoms with van der Waals surface area (Å²) >= 11 is 3.65. The van der Waals surface area contributed by atoms with Crippen LogP contribution in [0.4, 0.5) is 0 Å². The molecule has 6 heteroatoms. The first-order valence-electron chi connectivity index (χ1n) is 9.92. The predicted octanol–water partition coefficient (Wildman–Crippen LogP) is 5.13. The van der Waals surface area contributed by atoms with Crippen molar-refractivity contribution in [2.75, 3.05) is 20.3 Å². The lowest BCUT2D eigenvalue weighted by Gasteiger charge is -2.24. The second kappa shape index (κ2) is 7.74. The number of pyridine rings is 1. The summed E-state index contributed by atoms with van der Waals surface area (Å²) in [4.78, 5) is 4.66. The molecular formula is C23H27BrN2O3. The zero-order valence-electron chi connectivity index (χ0n) is 17.3. The third-order valence-corrected chi connectivity index (χ3v) is 6.14. The number of ether oxygens (including phenoxy) is 2. The van der Waals surface area contributed by atoms with Crippen molar-refractivity contribution in [1.29, 1.82) is 0 Å². The molecule has 0 bridgehead atoms. The minimum Gasteiger partial charge on any atom is -0.489 e. The summed E-state index contributed by atoms with van der Waals surface area (Å²) in [5.74, 6) is 0.889. The molecule has 0 aliphatic carbocycles. The van der Waals surface area contributed by atoms with Crippen molar-refractivity contribution in [3.05, 3.63) is 46.2 Å². The van der Waals surface area contributed by atoms with Crippen LogP contribution in [0.25, 0.3) is 22.2 Å². The first-order chi connectivity index (χ1) is 13.9. The summed E-state index contributed by atoms with van der Waals surface area (Å²) in [6, 6.07) is 8.29. The van der Waals surface area contributed by atoms with Crippen LogP contribution in [0.1, 0.15) is 38.1 Å². The maximum Gasteiger partial charge on any atom is 0.144 e. The molecule has 0 radical (unpaired) electrons. The number of benzene rings is 1. The molecule has 0 fully saturated rings. The molecule has 29 heavy (non-hydrogen) atoms. The number of aliphatic hydroxyl groups is 1. The van der Waals surface area contributed by atoms with Gasteiger partial charge in [-0.3, -0.25) is 4.98 Å². The Labute approximate surface area is 179 Å². The Morgan fingerprint density at radius 3 is 2.90 bits per heavy atom. The van der Waals surface area contributed by atoms with Gasteiger partial charge in [-0.05, 0) is 48.6 Å². The molecule has 3 aromatic rings. The summed E-state index contributed by atoms with van der Waals surface area (Å²) in [6.45, 7) is 7.72. The van der Waals surface area contributed by atoms with E-state index in [-0.39, 0.29) is 18.1 Å². The molecule has 154 valence electrons. The molecule has 1 atom stereocenters. The summed E-state index contributed by atoms with van der Waals surface area (Å²) in [6.07, 6.45) is 2.44. The smallest absolute Gasteiger partial charge is 0.144 e. The van der Waals surface area contributed by atoms with Gasteiger partial charge in [-0.1, -0.05) is 29.8 Å². The van der Waals surface area contributed by atoms with Gasteiger partial charge < -0.3 is 19.1 Å². The topological polar surface area (TPSA) is 56.5 Å². The van der Waals surface area contributed by atoms with Crippen molar-refractivity contribution in [2.24, 2.45) is 5.41 Å². The summed E-state index contributed by atoms with van der Waals surface area (Å²) < 4.78 is 15.0. The standard InChI is InChI=1S/C23H27BrN2O3/c1-14(28-4)20-16(6-5-7-25-20)21-18(12-23(2,3)13-27)17-10-15(24)11-19-22(17)26(21)8-9-29-19/h5-7,10-11,14,27H,8-9,12-13H2,1-4H3/t14-/m0/s1. The monoisotopic (exact) mass is 458 g/mol. The molecule has 0 spiro atoms. The number of methoxy groups -OCH3 is 1. The van der Waals surface area contributed by atoms with Crippen molar-refractivity contribution in [3.63, 3.8) is 0 Å². The summed E-state index contributed by atoms with van der Waals surface area (Å²) in [5, 5.41) is 11.1. The Kier molecular flexibility index (Phi) is 5.44. The van der Waals surface area contributed by atoms with Crippen molar-refractivity contribution < 1.29 is 14.6 Å². The maximum atomic E-state index is 9.98. The van der Waals surface area contributed by atoms with E-state index < -0.39 is 0 Å².